The van der Waals surface area contributed by atoms with Crippen molar-refractivity contribution in [2.75, 3.05) is 29.9 Å². The number of fused-ring (bicyclic) bond motifs is 1. The van der Waals surface area contributed by atoms with Gasteiger partial charge >= 0.3 is 0 Å². The zero-order chi connectivity index (χ0) is 23.8. The quantitative estimate of drug-likeness (QED) is 0.724. The van der Waals surface area contributed by atoms with Crippen LogP contribution >= 0.6 is 0 Å². The molecule has 2 aromatic carbocycles. The van der Waals surface area contributed by atoms with E-state index in [2.05, 4.69) is 12.2 Å². The van der Waals surface area contributed by atoms with Crippen LogP contribution in [0.3, 0.4) is 0 Å². The fourth-order valence-electron chi connectivity index (χ4n) is 4.53. The smallest absolute Gasteiger partial charge is 0.244 e. The number of amides is 2. The second-order valence-corrected chi connectivity index (χ2v) is 11.2. The fraction of sp³-hybridized carbons (Fsp3) is 0.440. The lowest BCUT2D eigenvalue weighted by molar-refractivity contribution is -0.121. The van der Waals surface area contributed by atoms with Crippen LogP contribution in [0.1, 0.15) is 42.9 Å². The van der Waals surface area contributed by atoms with Crippen LogP contribution in [0.2, 0.25) is 0 Å². The minimum Gasteiger partial charge on any atom is -0.324 e. The number of nitrogens with zero attached hydrogens (tertiary/aromatic N) is 2. The van der Waals surface area contributed by atoms with Gasteiger partial charge in [-0.05, 0) is 74.4 Å². The predicted molar refractivity (Wildman–Crippen MR) is 129 cm³/mol. The topological polar surface area (TPSA) is 86.8 Å². The van der Waals surface area contributed by atoms with E-state index in [0.29, 0.717) is 36.8 Å². The van der Waals surface area contributed by atoms with E-state index < -0.39 is 10.0 Å². The van der Waals surface area contributed by atoms with E-state index >= 15 is 0 Å². The molecule has 1 N–H and O–H groups in total. The second kappa shape index (κ2) is 9.27. The molecule has 33 heavy (non-hydrogen) atoms. The molecule has 2 aromatic rings. The van der Waals surface area contributed by atoms with Gasteiger partial charge in [-0.3, -0.25) is 9.59 Å². The number of nitrogens with one attached hydrogen (secondary N) is 1. The van der Waals surface area contributed by atoms with Gasteiger partial charge in [0.25, 0.3) is 0 Å². The van der Waals surface area contributed by atoms with Crippen molar-refractivity contribution in [2.24, 2.45) is 5.92 Å². The summed E-state index contributed by atoms with van der Waals surface area (Å²) in [5.74, 6) is 0.107. The average molecular weight is 470 g/mol. The molecule has 2 amide bonds. The number of carbonyl (C=O) groups excluding carboxylic acids is 2. The van der Waals surface area contributed by atoms with Gasteiger partial charge < -0.3 is 10.2 Å². The zero-order valence-electron chi connectivity index (χ0n) is 19.4. The van der Waals surface area contributed by atoms with Crippen LogP contribution in [0.15, 0.2) is 41.3 Å². The number of anilines is 2. The lowest BCUT2D eigenvalue weighted by atomic mass is 10.0. The number of sulfonamides is 1. The molecule has 0 saturated carbocycles. The van der Waals surface area contributed by atoms with Crippen LogP contribution in [0.4, 0.5) is 11.4 Å². The summed E-state index contributed by atoms with van der Waals surface area (Å²) in [6.45, 7) is 7.00. The molecule has 7 nitrogen and oxygen atoms in total. The highest BCUT2D eigenvalue weighted by Gasteiger charge is 2.31. The summed E-state index contributed by atoms with van der Waals surface area (Å²) in [7, 11) is -3.57. The molecule has 2 aliphatic rings. The van der Waals surface area contributed by atoms with Crippen molar-refractivity contribution in [3.8, 4) is 0 Å². The standard InChI is InChI=1S/C25H31N3O4S/c1-17-10-12-27(13-11-17)33(31,32)21-6-8-23-20(15-21)5-9-25(30)28(23)16-24(29)26-22-7-4-18(2)14-19(22)3/h4,6-8,14-15,17H,5,9-13,16H2,1-3H3,(H,26,29). The fourth-order valence-corrected chi connectivity index (χ4v) is 6.05. The van der Waals surface area contributed by atoms with E-state index in [0.717, 1.165) is 29.5 Å². The molecule has 0 radical (unpaired) electrons. The Balaban J connectivity index is 1.53. The van der Waals surface area contributed by atoms with Gasteiger partial charge in [-0.25, -0.2) is 8.42 Å². The minimum absolute atomic E-state index is 0.116. The Kier molecular flexibility index (Phi) is 6.59. The molecule has 1 saturated heterocycles. The maximum absolute atomic E-state index is 13.1. The monoisotopic (exact) mass is 469 g/mol. The van der Waals surface area contributed by atoms with Gasteiger partial charge in [0, 0.05) is 30.9 Å². The van der Waals surface area contributed by atoms with Crippen LogP contribution in [0.5, 0.6) is 0 Å². The summed E-state index contributed by atoms with van der Waals surface area (Å²) < 4.78 is 27.8. The lowest BCUT2D eigenvalue weighted by Crippen LogP contribution is -2.41. The maximum Gasteiger partial charge on any atom is 0.244 e. The van der Waals surface area contributed by atoms with Crippen LogP contribution in [-0.2, 0) is 26.0 Å². The summed E-state index contributed by atoms with van der Waals surface area (Å²) in [4.78, 5) is 27.1. The number of aryl methyl sites for hydroxylation is 3. The molecule has 1 fully saturated rings. The highest BCUT2D eigenvalue weighted by Crippen LogP contribution is 2.32. The molecule has 0 aliphatic carbocycles. The SMILES string of the molecule is Cc1ccc(NC(=O)CN2C(=O)CCc3cc(S(=O)(=O)N4CCC(C)CC4)ccc32)c(C)c1. The predicted octanol–water partition coefficient (Wildman–Crippen LogP) is 3.64. The molecule has 2 aliphatic heterocycles. The van der Waals surface area contributed by atoms with Gasteiger partial charge in [0.15, 0.2) is 0 Å². The minimum atomic E-state index is -3.57. The van der Waals surface area contributed by atoms with Gasteiger partial charge in [0.05, 0.1) is 4.90 Å². The Morgan fingerprint density at radius 2 is 1.79 bits per heavy atom. The molecule has 4 rings (SSSR count). The number of rotatable bonds is 5. The van der Waals surface area contributed by atoms with Crippen molar-refractivity contribution in [1.29, 1.82) is 0 Å². The summed E-state index contributed by atoms with van der Waals surface area (Å²) in [6.07, 6.45) is 2.43. The van der Waals surface area contributed by atoms with Crippen molar-refractivity contribution in [2.45, 2.75) is 51.3 Å². The average Bonchev–Trinajstić information content (AvgIpc) is 2.77. The van der Waals surface area contributed by atoms with Crippen molar-refractivity contribution in [3.63, 3.8) is 0 Å². The van der Waals surface area contributed by atoms with Gasteiger partial charge in [0.2, 0.25) is 21.8 Å². The Labute approximate surface area is 195 Å². The number of carbonyl (C=O) groups is 2. The molecular formula is C25H31N3O4S. The third-order valence-corrected chi connectivity index (χ3v) is 8.48. The maximum atomic E-state index is 13.1. The highest BCUT2D eigenvalue weighted by molar-refractivity contribution is 7.89. The number of hydrogen-bond acceptors (Lipinski definition) is 4. The van der Waals surface area contributed by atoms with E-state index in [-0.39, 0.29) is 29.7 Å². The van der Waals surface area contributed by atoms with Crippen molar-refractivity contribution in [3.05, 3.63) is 53.1 Å². The van der Waals surface area contributed by atoms with Crippen LogP contribution < -0.4 is 10.2 Å². The van der Waals surface area contributed by atoms with E-state index in [1.165, 1.54) is 4.90 Å². The summed E-state index contributed by atoms with van der Waals surface area (Å²) in [6, 6.07) is 10.7. The third kappa shape index (κ3) is 4.96. The second-order valence-electron chi connectivity index (χ2n) is 9.22. The molecule has 2 heterocycles. The van der Waals surface area contributed by atoms with Crippen molar-refractivity contribution >= 4 is 33.2 Å². The number of hydrogen-bond donors (Lipinski definition) is 1. The van der Waals surface area contributed by atoms with Gasteiger partial charge in [-0.2, -0.15) is 4.31 Å². The number of benzene rings is 2. The third-order valence-electron chi connectivity index (χ3n) is 6.59. The Hall–Kier alpha value is -2.71. The van der Waals surface area contributed by atoms with E-state index in [9.17, 15) is 18.0 Å². The largest absolute Gasteiger partial charge is 0.324 e. The van der Waals surface area contributed by atoms with E-state index in [1.54, 1.807) is 22.5 Å². The summed E-state index contributed by atoms with van der Waals surface area (Å²) in [5.41, 5.74) is 4.16. The van der Waals surface area contributed by atoms with E-state index in [1.807, 2.05) is 32.0 Å². The summed E-state index contributed by atoms with van der Waals surface area (Å²) >= 11 is 0. The first-order valence-electron chi connectivity index (χ1n) is 11.5. The Bertz CT molecular complexity index is 1180. The van der Waals surface area contributed by atoms with Crippen molar-refractivity contribution in [1.82, 2.24) is 4.31 Å². The Morgan fingerprint density at radius 1 is 1.06 bits per heavy atom. The molecule has 0 bridgehead atoms. The molecule has 8 heteroatoms. The number of piperidine rings is 1. The van der Waals surface area contributed by atoms with E-state index in [4.69, 9.17) is 0 Å². The molecule has 0 aromatic heterocycles. The lowest BCUT2D eigenvalue weighted by Gasteiger charge is -2.31. The van der Waals surface area contributed by atoms with Gasteiger partial charge in [-0.15, -0.1) is 0 Å². The zero-order valence-corrected chi connectivity index (χ0v) is 20.2. The van der Waals surface area contributed by atoms with Crippen LogP contribution in [0, 0.1) is 19.8 Å². The summed E-state index contributed by atoms with van der Waals surface area (Å²) in [5, 5.41) is 2.88. The first-order chi connectivity index (χ1) is 15.6. The first kappa shape index (κ1) is 23.4. The molecule has 0 spiro atoms. The Morgan fingerprint density at radius 3 is 2.48 bits per heavy atom. The normalized spacial score (nSPS) is 17.7. The molecular weight excluding hydrogens is 438 g/mol. The molecule has 176 valence electrons. The molecule has 0 atom stereocenters. The molecule has 0 unspecified atom stereocenters. The first-order valence-corrected chi connectivity index (χ1v) is 12.9. The van der Waals surface area contributed by atoms with Crippen LogP contribution in [0.25, 0.3) is 0 Å². The van der Waals surface area contributed by atoms with Gasteiger partial charge in [0.1, 0.15) is 6.54 Å². The van der Waals surface area contributed by atoms with Crippen molar-refractivity contribution < 1.29 is 18.0 Å². The highest BCUT2D eigenvalue weighted by atomic mass is 32.2. The van der Waals surface area contributed by atoms with Crippen LogP contribution in [-0.4, -0.2) is 44.2 Å². The van der Waals surface area contributed by atoms with Gasteiger partial charge in [-0.1, -0.05) is 24.6 Å².